The Bertz CT molecular complexity index is 555. The lowest BCUT2D eigenvalue weighted by Gasteiger charge is -2.09. The van der Waals surface area contributed by atoms with E-state index in [1.54, 1.807) is 0 Å². The first kappa shape index (κ1) is 13.2. The third kappa shape index (κ3) is 3.19. The third-order valence-electron chi connectivity index (χ3n) is 3.37. The minimum absolute atomic E-state index is 0.492. The average molecular weight is 338 g/mol. The van der Waals surface area contributed by atoms with Crippen molar-refractivity contribution in [1.29, 1.82) is 0 Å². The van der Waals surface area contributed by atoms with E-state index in [-0.39, 0.29) is 0 Å². The fourth-order valence-corrected chi connectivity index (χ4v) is 3.85. The maximum atomic E-state index is 5.69. The van der Waals surface area contributed by atoms with Gasteiger partial charge in [0.2, 0.25) is 0 Å². The van der Waals surface area contributed by atoms with E-state index in [0.29, 0.717) is 5.92 Å². The number of para-hydroxylation sites is 1. The Hall–Kier alpha value is -0.840. The van der Waals surface area contributed by atoms with E-state index in [4.69, 9.17) is 4.74 Å². The molecule has 1 aromatic carbocycles. The summed E-state index contributed by atoms with van der Waals surface area (Å²) >= 11 is 5.31. The molecule has 1 aromatic heterocycles. The Morgan fingerprint density at radius 3 is 3.00 bits per heavy atom. The molecule has 2 nitrogen and oxygen atoms in total. The quantitative estimate of drug-likeness (QED) is 0.837. The highest BCUT2D eigenvalue weighted by atomic mass is 79.9. The number of thiophene rings is 1. The summed E-state index contributed by atoms with van der Waals surface area (Å²) in [6.07, 6.45) is 1.09. The molecule has 0 fully saturated rings. The van der Waals surface area contributed by atoms with E-state index in [1.165, 1.54) is 14.2 Å². The van der Waals surface area contributed by atoms with Crippen LogP contribution in [0.15, 0.2) is 40.2 Å². The monoisotopic (exact) mass is 337 g/mol. The van der Waals surface area contributed by atoms with Gasteiger partial charge in [0.05, 0.1) is 10.4 Å². The SMILES string of the molecule is Brc1ccc(CCNCC2COc3ccccc32)s1. The lowest BCUT2D eigenvalue weighted by atomic mass is 10.0. The van der Waals surface area contributed by atoms with E-state index < -0.39 is 0 Å². The van der Waals surface area contributed by atoms with Crippen LogP contribution in [-0.2, 0) is 6.42 Å². The van der Waals surface area contributed by atoms with Gasteiger partial charge in [-0.15, -0.1) is 11.3 Å². The van der Waals surface area contributed by atoms with Gasteiger partial charge in [0, 0.05) is 22.9 Å². The van der Waals surface area contributed by atoms with E-state index in [1.807, 2.05) is 17.4 Å². The molecule has 1 atom stereocenters. The van der Waals surface area contributed by atoms with Gasteiger partial charge in [-0.3, -0.25) is 0 Å². The first-order valence-corrected chi connectivity index (χ1v) is 8.10. The molecule has 1 aliphatic heterocycles. The lowest BCUT2D eigenvalue weighted by Crippen LogP contribution is -2.24. The van der Waals surface area contributed by atoms with Crippen LogP contribution in [0.4, 0.5) is 0 Å². The molecule has 0 bridgehead atoms. The molecule has 1 N–H and O–H groups in total. The van der Waals surface area contributed by atoms with Crippen LogP contribution in [-0.4, -0.2) is 19.7 Å². The second kappa shape index (κ2) is 6.07. The fraction of sp³-hybridized carbons (Fsp3) is 0.333. The van der Waals surface area contributed by atoms with Gasteiger partial charge in [0.25, 0.3) is 0 Å². The number of hydrogen-bond donors (Lipinski definition) is 1. The second-order valence-corrected chi connectivity index (χ2v) is 7.25. The molecule has 0 amide bonds. The largest absolute Gasteiger partial charge is 0.493 e. The van der Waals surface area contributed by atoms with Crippen molar-refractivity contribution < 1.29 is 4.74 Å². The zero-order valence-electron chi connectivity index (χ0n) is 10.6. The molecule has 3 rings (SSSR count). The van der Waals surface area contributed by atoms with Crippen molar-refractivity contribution in [3.05, 3.63) is 50.6 Å². The van der Waals surface area contributed by atoms with Crippen LogP contribution in [0.1, 0.15) is 16.4 Å². The molecule has 0 saturated carbocycles. The Labute approximate surface area is 125 Å². The van der Waals surface area contributed by atoms with Crippen molar-refractivity contribution in [3.8, 4) is 5.75 Å². The molecule has 4 heteroatoms. The summed E-state index contributed by atoms with van der Waals surface area (Å²) in [5.41, 5.74) is 1.34. The highest BCUT2D eigenvalue weighted by Gasteiger charge is 2.22. The summed E-state index contributed by atoms with van der Waals surface area (Å²) in [5.74, 6) is 1.54. The molecular weight excluding hydrogens is 322 g/mol. The molecule has 0 aliphatic carbocycles. The van der Waals surface area contributed by atoms with Gasteiger partial charge in [-0.25, -0.2) is 0 Å². The zero-order chi connectivity index (χ0) is 13.1. The fourth-order valence-electron chi connectivity index (χ4n) is 2.37. The molecule has 2 aromatic rings. The summed E-state index contributed by atoms with van der Waals surface area (Å²) in [6, 6.07) is 12.6. The molecule has 1 aliphatic rings. The van der Waals surface area contributed by atoms with Gasteiger partial charge >= 0.3 is 0 Å². The number of ether oxygens (including phenoxy) is 1. The Morgan fingerprint density at radius 2 is 2.16 bits per heavy atom. The van der Waals surface area contributed by atoms with Gasteiger partial charge in [0.1, 0.15) is 5.75 Å². The second-order valence-electron chi connectivity index (χ2n) is 4.71. The summed E-state index contributed by atoms with van der Waals surface area (Å²) < 4.78 is 6.89. The Balaban J connectivity index is 1.46. The van der Waals surface area contributed by atoms with E-state index >= 15 is 0 Å². The van der Waals surface area contributed by atoms with Gasteiger partial charge in [-0.1, -0.05) is 18.2 Å². The minimum Gasteiger partial charge on any atom is -0.493 e. The molecule has 0 radical (unpaired) electrons. The van der Waals surface area contributed by atoms with Crippen LogP contribution in [0.3, 0.4) is 0 Å². The topological polar surface area (TPSA) is 21.3 Å². The van der Waals surface area contributed by atoms with Crippen molar-refractivity contribution in [2.45, 2.75) is 12.3 Å². The van der Waals surface area contributed by atoms with Gasteiger partial charge in [-0.05, 0) is 47.1 Å². The Kier molecular flexibility index (Phi) is 4.21. The number of nitrogens with one attached hydrogen (secondary N) is 1. The number of fused-ring (bicyclic) bond motifs is 1. The van der Waals surface area contributed by atoms with E-state index in [2.05, 4.69) is 51.6 Å². The van der Waals surface area contributed by atoms with Crippen molar-refractivity contribution >= 4 is 27.3 Å². The Morgan fingerprint density at radius 1 is 1.26 bits per heavy atom. The number of rotatable bonds is 5. The van der Waals surface area contributed by atoms with Gasteiger partial charge in [0.15, 0.2) is 0 Å². The van der Waals surface area contributed by atoms with Crippen molar-refractivity contribution in [2.75, 3.05) is 19.7 Å². The van der Waals surface area contributed by atoms with Crippen LogP contribution < -0.4 is 10.1 Å². The van der Waals surface area contributed by atoms with Crippen LogP contribution in [0.2, 0.25) is 0 Å². The highest BCUT2D eigenvalue weighted by Crippen LogP contribution is 2.32. The molecule has 2 heterocycles. The maximum Gasteiger partial charge on any atom is 0.122 e. The number of halogens is 1. The molecule has 100 valence electrons. The lowest BCUT2D eigenvalue weighted by molar-refractivity contribution is 0.327. The zero-order valence-corrected chi connectivity index (χ0v) is 13.0. The summed E-state index contributed by atoms with van der Waals surface area (Å²) in [7, 11) is 0. The molecule has 1 unspecified atom stereocenters. The van der Waals surface area contributed by atoms with Crippen LogP contribution >= 0.6 is 27.3 Å². The number of hydrogen-bond acceptors (Lipinski definition) is 3. The van der Waals surface area contributed by atoms with Gasteiger partial charge in [-0.2, -0.15) is 0 Å². The average Bonchev–Trinajstić information content (AvgIpc) is 3.02. The third-order valence-corrected chi connectivity index (χ3v) is 5.05. The van der Waals surface area contributed by atoms with Crippen LogP contribution in [0.5, 0.6) is 5.75 Å². The summed E-state index contributed by atoms with van der Waals surface area (Å²) in [4.78, 5) is 1.42. The summed E-state index contributed by atoms with van der Waals surface area (Å²) in [6.45, 7) is 2.81. The predicted molar refractivity (Wildman–Crippen MR) is 83.3 cm³/mol. The molecule has 0 saturated heterocycles. The van der Waals surface area contributed by atoms with E-state index in [9.17, 15) is 0 Å². The molecular formula is C15H16BrNOS. The molecule has 0 spiro atoms. The first-order valence-electron chi connectivity index (χ1n) is 6.49. The van der Waals surface area contributed by atoms with Crippen molar-refractivity contribution in [2.24, 2.45) is 0 Å². The smallest absolute Gasteiger partial charge is 0.122 e. The minimum atomic E-state index is 0.492. The number of benzene rings is 1. The first-order chi connectivity index (χ1) is 9.33. The predicted octanol–water partition coefficient (Wildman–Crippen LogP) is 3.82. The van der Waals surface area contributed by atoms with Crippen molar-refractivity contribution in [1.82, 2.24) is 5.32 Å². The van der Waals surface area contributed by atoms with Crippen LogP contribution in [0, 0.1) is 0 Å². The normalized spacial score (nSPS) is 17.2. The maximum absolute atomic E-state index is 5.69. The van der Waals surface area contributed by atoms with E-state index in [0.717, 1.165) is 31.9 Å². The highest BCUT2D eigenvalue weighted by molar-refractivity contribution is 9.11. The van der Waals surface area contributed by atoms with Crippen molar-refractivity contribution in [3.63, 3.8) is 0 Å². The summed E-state index contributed by atoms with van der Waals surface area (Å²) in [5, 5.41) is 3.54. The standard InChI is InChI=1S/C15H16BrNOS/c16-15-6-5-12(19-15)7-8-17-9-11-10-18-14-4-2-1-3-13(11)14/h1-6,11,17H,7-10H2. The molecule has 19 heavy (non-hydrogen) atoms. The van der Waals surface area contributed by atoms with Gasteiger partial charge < -0.3 is 10.1 Å². The van der Waals surface area contributed by atoms with Crippen LogP contribution in [0.25, 0.3) is 0 Å².